The molecule has 0 radical (unpaired) electrons. The van der Waals surface area contributed by atoms with Crippen LogP contribution in [0.2, 0.25) is 10.0 Å². The van der Waals surface area contributed by atoms with Crippen molar-refractivity contribution in [3.63, 3.8) is 0 Å². The Balaban J connectivity index is 1.72. The number of benzene rings is 2. The van der Waals surface area contributed by atoms with Gasteiger partial charge in [-0.15, -0.1) is 0 Å². The molecule has 0 aliphatic carbocycles. The Kier molecular flexibility index (Phi) is 8.88. The van der Waals surface area contributed by atoms with Gasteiger partial charge in [0.1, 0.15) is 5.54 Å². The molecular weight excluding hydrogens is 619 g/mol. The number of imidazole rings is 1. The topological polar surface area (TPSA) is 128 Å². The number of anilines is 2. The summed E-state index contributed by atoms with van der Waals surface area (Å²) in [5, 5.41) is 10.0. The van der Waals surface area contributed by atoms with Crippen molar-refractivity contribution in [3.8, 4) is 0 Å². The fourth-order valence-corrected chi connectivity index (χ4v) is 6.78. The van der Waals surface area contributed by atoms with E-state index in [4.69, 9.17) is 33.7 Å². The number of nitrogens with zero attached hydrogens (tertiary/aromatic N) is 3. The van der Waals surface area contributed by atoms with Gasteiger partial charge in [-0.3, -0.25) is 9.36 Å². The van der Waals surface area contributed by atoms with Crippen LogP contribution >= 0.6 is 39.1 Å². The quantitative estimate of drug-likeness (QED) is 0.233. The van der Waals surface area contributed by atoms with Crippen LogP contribution in [0.4, 0.5) is 11.6 Å². The van der Waals surface area contributed by atoms with Gasteiger partial charge in [0.05, 0.1) is 17.6 Å². The summed E-state index contributed by atoms with van der Waals surface area (Å²) < 4.78 is 34.5. The van der Waals surface area contributed by atoms with Crippen LogP contribution in [-0.2, 0) is 31.3 Å². The predicted octanol–water partition coefficient (Wildman–Crippen LogP) is 4.44. The first-order valence-electron chi connectivity index (χ1n) is 11.8. The predicted molar refractivity (Wildman–Crippen MR) is 150 cm³/mol. The second kappa shape index (κ2) is 11.6. The largest absolute Gasteiger partial charge is 0.367 e. The molecule has 0 fully saturated rings. The monoisotopic (exact) mass is 644 g/mol. The van der Waals surface area contributed by atoms with Crippen molar-refractivity contribution in [2.24, 2.45) is 5.73 Å². The maximum atomic E-state index is 14.0. The molecule has 3 aromatic rings. The van der Waals surface area contributed by atoms with E-state index >= 15 is 0 Å². The summed E-state index contributed by atoms with van der Waals surface area (Å²) in [4.78, 5) is 19.8. The molecule has 2 atom stereocenters. The van der Waals surface area contributed by atoms with Crippen LogP contribution in [0.15, 0.2) is 58.2 Å². The molecule has 0 bridgehead atoms. The number of aromatic nitrogens is 2. The molecule has 1 amide bonds. The van der Waals surface area contributed by atoms with Gasteiger partial charge in [0.2, 0.25) is 5.95 Å². The second-order valence-electron chi connectivity index (χ2n) is 9.16. The number of hydrogen-bond donors (Lipinski definition) is 2. The first-order valence-corrected chi connectivity index (χ1v) is 15.0. The van der Waals surface area contributed by atoms with Crippen LogP contribution in [0.3, 0.4) is 0 Å². The average Bonchev–Trinajstić information content (AvgIpc) is 3.38. The molecule has 13 heteroatoms. The minimum atomic E-state index is -3.84. The number of ether oxygens (including phenoxy) is 1. The maximum absolute atomic E-state index is 14.0. The number of aliphatic hydroxyl groups is 1. The lowest BCUT2D eigenvalue weighted by Crippen LogP contribution is -2.42. The van der Waals surface area contributed by atoms with Crippen LogP contribution in [0.1, 0.15) is 25.3 Å². The van der Waals surface area contributed by atoms with E-state index in [0.29, 0.717) is 22.2 Å². The van der Waals surface area contributed by atoms with E-state index < -0.39 is 21.7 Å². The van der Waals surface area contributed by atoms with Gasteiger partial charge in [-0.1, -0.05) is 51.3 Å². The molecule has 3 N–H and O–H groups in total. The molecule has 0 spiro atoms. The van der Waals surface area contributed by atoms with E-state index in [1.165, 1.54) is 15.7 Å². The van der Waals surface area contributed by atoms with Gasteiger partial charge in [0.25, 0.3) is 5.91 Å². The van der Waals surface area contributed by atoms with Crippen molar-refractivity contribution in [1.29, 1.82) is 0 Å². The lowest BCUT2D eigenvalue weighted by atomic mass is 9.92. The smallest absolute Gasteiger partial charge is 0.260 e. The minimum absolute atomic E-state index is 0.0421. The highest BCUT2D eigenvalue weighted by atomic mass is 79.9. The van der Waals surface area contributed by atoms with E-state index in [9.17, 15) is 18.3 Å². The first kappa shape index (κ1) is 29.0. The van der Waals surface area contributed by atoms with E-state index in [-0.39, 0.29) is 48.6 Å². The minimum Gasteiger partial charge on any atom is -0.367 e. The van der Waals surface area contributed by atoms with Crippen molar-refractivity contribution in [2.75, 3.05) is 23.8 Å². The number of carbonyl (C=O) groups excluding carboxylic acids is 1. The van der Waals surface area contributed by atoms with Gasteiger partial charge in [-0.2, -0.15) is 0 Å². The highest BCUT2D eigenvalue weighted by Crippen LogP contribution is 2.44. The fraction of sp³-hybridized carbons (Fsp3) is 0.360. The van der Waals surface area contributed by atoms with E-state index in [1.807, 2.05) is 24.3 Å². The fourth-order valence-electron chi connectivity index (χ4n) is 4.44. The Morgan fingerprint density at radius 3 is 2.45 bits per heavy atom. The van der Waals surface area contributed by atoms with Crippen molar-refractivity contribution >= 4 is 66.5 Å². The average molecular weight is 646 g/mol. The highest BCUT2D eigenvalue weighted by molar-refractivity contribution is 9.10. The number of nitrogens with two attached hydrogens (primary N) is 1. The number of halogens is 3. The summed E-state index contributed by atoms with van der Waals surface area (Å²) >= 11 is 15.9. The number of unbranched alkanes of at least 4 members (excludes halogenated alkanes) is 1. The van der Waals surface area contributed by atoms with Crippen LogP contribution in [0.25, 0.3) is 0 Å². The third-order valence-electron chi connectivity index (χ3n) is 6.27. The zero-order valence-corrected chi connectivity index (χ0v) is 24.4. The highest BCUT2D eigenvalue weighted by Gasteiger charge is 2.51. The summed E-state index contributed by atoms with van der Waals surface area (Å²) in [6.45, 7) is 1.83. The molecule has 2 aromatic carbocycles. The van der Waals surface area contributed by atoms with Crippen molar-refractivity contribution < 1.29 is 23.1 Å². The van der Waals surface area contributed by atoms with E-state index in [0.717, 1.165) is 10.0 Å². The Morgan fingerprint density at radius 2 is 1.82 bits per heavy atom. The van der Waals surface area contributed by atoms with Gasteiger partial charge in [0, 0.05) is 34.1 Å². The first-order chi connectivity index (χ1) is 18.0. The van der Waals surface area contributed by atoms with Gasteiger partial charge in [-0.25, -0.2) is 18.3 Å². The number of carbonyl (C=O) groups is 1. The Bertz CT molecular complexity index is 1410. The molecule has 2 heterocycles. The SMILES string of the molecule is C[C@@]1(Cc2ccc(Br)cc2)C(=O)N(c2cc(Cl)cc(Cl)c2)c2ncc(S(=O)(=O)CCCCOC(O)CN)n21. The molecule has 1 aliphatic heterocycles. The lowest BCUT2D eigenvalue weighted by molar-refractivity contribution is -0.124. The summed E-state index contributed by atoms with van der Waals surface area (Å²) in [6.07, 6.45) is 1.11. The molecule has 0 saturated heterocycles. The number of sulfone groups is 1. The van der Waals surface area contributed by atoms with Gasteiger partial charge < -0.3 is 15.6 Å². The maximum Gasteiger partial charge on any atom is 0.260 e. The number of rotatable bonds is 11. The molecule has 1 unspecified atom stereocenters. The summed E-state index contributed by atoms with van der Waals surface area (Å²) in [7, 11) is -3.84. The Hall–Kier alpha value is -1.99. The molecule has 0 saturated carbocycles. The Morgan fingerprint density at radius 1 is 1.16 bits per heavy atom. The summed E-state index contributed by atoms with van der Waals surface area (Å²) in [5.74, 6) is -0.380. The van der Waals surface area contributed by atoms with E-state index in [2.05, 4.69) is 20.9 Å². The molecule has 38 heavy (non-hydrogen) atoms. The van der Waals surface area contributed by atoms with Crippen LogP contribution < -0.4 is 10.6 Å². The zero-order chi connectivity index (χ0) is 27.7. The van der Waals surface area contributed by atoms with Crippen molar-refractivity contribution in [2.45, 2.75) is 43.0 Å². The van der Waals surface area contributed by atoms with Gasteiger partial charge >= 0.3 is 0 Å². The molecule has 4 rings (SSSR count). The summed E-state index contributed by atoms with van der Waals surface area (Å²) in [6, 6.07) is 12.2. The molecule has 9 nitrogen and oxygen atoms in total. The number of amides is 1. The normalized spacial score (nSPS) is 18.2. The molecule has 204 valence electrons. The number of fused-ring (bicyclic) bond motifs is 1. The third kappa shape index (κ3) is 5.94. The molecule has 1 aliphatic rings. The zero-order valence-electron chi connectivity index (χ0n) is 20.5. The summed E-state index contributed by atoms with van der Waals surface area (Å²) in [5.41, 5.74) is 5.24. The second-order valence-corrected chi connectivity index (χ2v) is 13.0. The van der Waals surface area contributed by atoms with Gasteiger partial charge in [0.15, 0.2) is 21.2 Å². The van der Waals surface area contributed by atoms with Crippen LogP contribution in [-0.4, -0.2) is 54.2 Å². The number of hydrogen-bond acceptors (Lipinski definition) is 7. The molecular formula is C25H27BrCl2N4O5S. The standard InChI is InChI=1S/C25H27BrCl2N4O5S/c1-25(13-16-4-6-17(26)7-5-16)23(34)31(20-11-18(27)10-19(28)12-20)24-30-15-21(32(24)25)38(35,36)9-3-2-8-37-22(33)14-29/h4-7,10-12,15,22,33H,2-3,8-9,13-14,29H2,1H3/t22?,25-/m1/s1. The van der Waals surface area contributed by atoms with Crippen molar-refractivity contribution in [3.05, 3.63) is 68.7 Å². The lowest BCUT2D eigenvalue weighted by Gasteiger charge is -2.26. The van der Waals surface area contributed by atoms with Gasteiger partial charge in [-0.05, 0) is 55.7 Å². The van der Waals surface area contributed by atoms with Crippen LogP contribution in [0.5, 0.6) is 0 Å². The van der Waals surface area contributed by atoms with E-state index in [1.54, 1.807) is 25.1 Å². The number of aliphatic hydroxyl groups excluding tert-OH is 1. The van der Waals surface area contributed by atoms with Crippen molar-refractivity contribution in [1.82, 2.24) is 9.55 Å². The third-order valence-corrected chi connectivity index (χ3v) is 8.99. The van der Waals surface area contributed by atoms with Crippen LogP contribution in [0, 0.1) is 0 Å². The molecule has 1 aromatic heterocycles. The Labute approximate surface area is 239 Å².